The standard InChI is InChI=1S/C16H16N2O5S/c1-17(11-12-4-3-5-14(10-12)18(20)21)16(19)13-6-8-15(9-7-13)24(2,22)23/h3-10H,11H2,1-2H3. The van der Waals surface area contributed by atoms with E-state index in [4.69, 9.17) is 0 Å². The number of carbonyl (C=O) groups excluding carboxylic acids is 1. The highest BCUT2D eigenvalue weighted by atomic mass is 32.2. The zero-order valence-corrected chi connectivity index (χ0v) is 14.0. The van der Waals surface area contributed by atoms with E-state index < -0.39 is 14.8 Å². The third-order valence-electron chi connectivity index (χ3n) is 3.42. The van der Waals surface area contributed by atoms with Crippen LogP contribution in [-0.2, 0) is 16.4 Å². The molecule has 8 heteroatoms. The second kappa shape index (κ2) is 6.79. The molecular weight excluding hydrogens is 332 g/mol. The van der Waals surface area contributed by atoms with Crippen LogP contribution in [0.5, 0.6) is 0 Å². The van der Waals surface area contributed by atoms with Gasteiger partial charge >= 0.3 is 0 Å². The first-order chi connectivity index (χ1) is 11.2. The molecule has 0 heterocycles. The predicted octanol–water partition coefficient (Wildman–Crippen LogP) is 2.27. The van der Waals surface area contributed by atoms with Crippen molar-refractivity contribution >= 4 is 21.4 Å². The number of non-ortho nitro benzene ring substituents is 1. The largest absolute Gasteiger partial charge is 0.337 e. The van der Waals surface area contributed by atoms with Gasteiger partial charge in [-0.1, -0.05) is 12.1 Å². The average molecular weight is 348 g/mol. The molecule has 2 aromatic carbocycles. The van der Waals surface area contributed by atoms with Crippen molar-refractivity contribution in [3.05, 3.63) is 69.8 Å². The van der Waals surface area contributed by atoms with E-state index in [2.05, 4.69) is 0 Å². The summed E-state index contributed by atoms with van der Waals surface area (Å²) in [7, 11) is -1.74. The number of benzene rings is 2. The average Bonchev–Trinajstić information content (AvgIpc) is 2.53. The van der Waals surface area contributed by atoms with Crippen molar-refractivity contribution in [1.82, 2.24) is 4.90 Å². The van der Waals surface area contributed by atoms with Gasteiger partial charge in [-0.05, 0) is 29.8 Å². The molecule has 0 unspecified atom stereocenters. The molecule has 0 saturated heterocycles. The zero-order chi connectivity index (χ0) is 17.9. The summed E-state index contributed by atoms with van der Waals surface area (Å²) in [6.45, 7) is 0.203. The summed E-state index contributed by atoms with van der Waals surface area (Å²) in [6.07, 6.45) is 1.10. The predicted molar refractivity (Wildman–Crippen MR) is 88.4 cm³/mol. The Morgan fingerprint density at radius 3 is 2.33 bits per heavy atom. The zero-order valence-electron chi connectivity index (χ0n) is 13.2. The van der Waals surface area contributed by atoms with Crippen LogP contribution < -0.4 is 0 Å². The molecule has 0 spiro atoms. The molecule has 7 nitrogen and oxygen atoms in total. The van der Waals surface area contributed by atoms with Gasteiger partial charge in [-0.15, -0.1) is 0 Å². The van der Waals surface area contributed by atoms with Crippen LogP contribution in [0.25, 0.3) is 0 Å². The van der Waals surface area contributed by atoms with Crippen LogP contribution in [0.1, 0.15) is 15.9 Å². The molecule has 0 N–H and O–H groups in total. The second-order valence-electron chi connectivity index (χ2n) is 5.38. The van der Waals surface area contributed by atoms with Gasteiger partial charge in [-0.25, -0.2) is 8.42 Å². The molecule has 0 fully saturated rings. The first-order valence-corrected chi connectivity index (χ1v) is 8.86. The topological polar surface area (TPSA) is 97.6 Å². The summed E-state index contributed by atoms with van der Waals surface area (Å²) in [6, 6.07) is 11.7. The van der Waals surface area contributed by atoms with Gasteiger partial charge in [0.25, 0.3) is 11.6 Å². The van der Waals surface area contributed by atoms with Crippen LogP contribution in [0, 0.1) is 10.1 Å². The molecule has 0 aliphatic carbocycles. The lowest BCUT2D eigenvalue weighted by molar-refractivity contribution is -0.384. The van der Waals surface area contributed by atoms with Crippen molar-refractivity contribution in [2.75, 3.05) is 13.3 Å². The van der Waals surface area contributed by atoms with Crippen LogP contribution >= 0.6 is 0 Å². The van der Waals surface area contributed by atoms with Crippen LogP contribution in [0.3, 0.4) is 0 Å². The van der Waals surface area contributed by atoms with Crippen molar-refractivity contribution in [3.8, 4) is 0 Å². The molecule has 0 saturated carbocycles. The fraction of sp³-hybridized carbons (Fsp3) is 0.188. The Morgan fingerprint density at radius 1 is 1.17 bits per heavy atom. The number of carbonyl (C=O) groups is 1. The number of sulfone groups is 1. The van der Waals surface area contributed by atoms with Gasteiger partial charge in [0.15, 0.2) is 9.84 Å². The molecule has 1 amide bonds. The van der Waals surface area contributed by atoms with Crippen LogP contribution in [-0.4, -0.2) is 37.5 Å². The van der Waals surface area contributed by atoms with Gasteiger partial charge in [0.05, 0.1) is 9.82 Å². The molecule has 2 aromatic rings. The number of nitro benzene ring substituents is 1. The minimum atomic E-state index is -3.32. The highest BCUT2D eigenvalue weighted by molar-refractivity contribution is 7.90. The number of nitrogens with zero attached hydrogens (tertiary/aromatic N) is 2. The summed E-state index contributed by atoms with van der Waals surface area (Å²) >= 11 is 0. The molecule has 0 atom stereocenters. The summed E-state index contributed by atoms with van der Waals surface area (Å²) in [5, 5.41) is 10.8. The number of rotatable bonds is 5. The third kappa shape index (κ3) is 4.17. The SMILES string of the molecule is CN(Cc1cccc([N+](=O)[O-])c1)C(=O)c1ccc(S(C)(=O)=O)cc1. The van der Waals surface area contributed by atoms with E-state index in [1.807, 2.05) is 0 Å². The van der Waals surface area contributed by atoms with Gasteiger partial charge in [-0.3, -0.25) is 14.9 Å². The summed E-state index contributed by atoms with van der Waals surface area (Å²) in [5.41, 5.74) is 0.939. The van der Waals surface area contributed by atoms with Gasteiger partial charge in [0, 0.05) is 37.5 Å². The van der Waals surface area contributed by atoms with Crippen LogP contribution in [0.4, 0.5) is 5.69 Å². The van der Waals surface area contributed by atoms with E-state index in [1.165, 1.54) is 41.3 Å². The van der Waals surface area contributed by atoms with E-state index in [-0.39, 0.29) is 23.0 Å². The first kappa shape index (κ1) is 17.6. The summed E-state index contributed by atoms with van der Waals surface area (Å²) < 4.78 is 22.9. The van der Waals surface area contributed by atoms with Crippen molar-refractivity contribution < 1.29 is 18.1 Å². The molecule has 0 radical (unpaired) electrons. The smallest absolute Gasteiger partial charge is 0.269 e. The van der Waals surface area contributed by atoms with Gasteiger partial charge in [-0.2, -0.15) is 0 Å². The van der Waals surface area contributed by atoms with Crippen molar-refractivity contribution in [1.29, 1.82) is 0 Å². The number of hydrogen-bond donors (Lipinski definition) is 0. The highest BCUT2D eigenvalue weighted by Crippen LogP contribution is 2.16. The van der Waals surface area contributed by atoms with Crippen molar-refractivity contribution in [2.24, 2.45) is 0 Å². The molecule has 24 heavy (non-hydrogen) atoms. The Morgan fingerprint density at radius 2 is 1.79 bits per heavy atom. The molecular formula is C16H16N2O5S. The monoisotopic (exact) mass is 348 g/mol. The van der Waals surface area contributed by atoms with Crippen LogP contribution in [0.15, 0.2) is 53.4 Å². The fourth-order valence-electron chi connectivity index (χ4n) is 2.18. The Labute approximate surface area is 139 Å². The fourth-order valence-corrected chi connectivity index (χ4v) is 2.81. The van der Waals surface area contributed by atoms with E-state index in [1.54, 1.807) is 19.2 Å². The third-order valence-corrected chi connectivity index (χ3v) is 4.55. The number of hydrogen-bond acceptors (Lipinski definition) is 5. The molecule has 0 aliphatic rings. The maximum absolute atomic E-state index is 12.4. The Balaban J connectivity index is 2.15. The summed E-state index contributed by atoms with van der Waals surface area (Å²) in [5.74, 6) is -0.304. The highest BCUT2D eigenvalue weighted by Gasteiger charge is 2.15. The first-order valence-electron chi connectivity index (χ1n) is 6.97. The Bertz CT molecular complexity index is 876. The molecule has 2 rings (SSSR count). The normalized spacial score (nSPS) is 11.1. The van der Waals surface area contributed by atoms with Crippen molar-refractivity contribution in [2.45, 2.75) is 11.4 Å². The quantitative estimate of drug-likeness (QED) is 0.610. The lowest BCUT2D eigenvalue weighted by atomic mass is 10.1. The van der Waals surface area contributed by atoms with E-state index in [0.717, 1.165) is 6.26 Å². The van der Waals surface area contributed by atoms with Crippen LogP contribution in [0.2, 0.25) is 0 Å². The minimum Gasteiger partial charge on any atom is -0.337 e. The van der Waals surface area contributed by atoms with E-state index in [0.29, 0.717) is 11.1 Å². The Kier molecular flexibility index (Phi) is 4.99. The lowest BCUT2D eigenvalue weighted by Gasteiger charge is -2.17. The second-order valence-corrected chi connectivity index (χ2v) is 7.40. The number of amides is 1. The molecule has 0 aromatic heterocycles. The molecule has 0 bridgehead atoms. The van der Waals surface area contributed by atoms with Crippen molar-refractivity contribution in [3.63, 3.8) is 0 Å². The van der Waals surface area contributed by atoms with Gasteiger partial charge < -0.3 is 4.90 Å². The Hall–Kier alpha value is -2.74. The van der Waals surface area contributed by atoms with Gasteiger partial charge in [0.2, 0.25) is 0 Å². The van der Waals surface area contributed by atoms with Gasteiger partial charge in [0.1, 0.15) is 0 Å². The molecule has 0 aliphatic heterocycles. The summed E-state index contributed by atoms with van der Waals surface area (Å²) in [4.78, 5) is 24.2. The lowest BCUT2D eigenvalue weighted by Crippen LogP contribution is -2.26. The maximum atomic E-state index is 12.4. The molecule has 126 valence electrons. The maximum Gasteiger partial charge on any atom is 0.269 e. The van der Waals surface area contributed by atoms with E-state index >= 15 is 0 Å². The van der Waals surface area contributed by atoms with E-state index in [9.17, 15) is 23.3 Å². The minimum absolute atomic E-state index is 0.0362. The number of nitro groups is 1.